The number of rotatable bonds is 3. The number of pyridine rings is 1. The third kappa shape index (κ3) is 2.60. The van der Waals surface area contributed by atoms with Crippen molar-refractivity contribution in [2.24, 2.45) is 5.92 Å². The zero-order valence-electron chi connectivity index (χ0n) is 13.5. The van der Waals surface area contributed by atoms with Crippen molar-refractivity contribution < 1.29 is 4.79 Å². The Balaban J connectivity index is 1.60. The van der Waals surface area contributed by atoms with E-state index in [1.807, 2.05) is 18.5 Å². The zero-order chi connectivity index (χ0) is 15.7. The van der Waals surface area contributed by atoms with Crippen molar-refractivity contribution >= 4 is 5.78 Å². The molecule has 0 amide bonds. The number of Topliss-reactive ketones (excluding diaryl/α,β-unsaturated/α-hetero) is 1. The Morgan fingerprint density at radius 1 is 1.09 bits per heavy atom. The van der Waals surface area contributed by atoms with E-state index in [9.17, 15) is 4.79 Å². The molecule has 0 bridgehead atoms. The summed E-state index contributed by atoms with van der Waals surface area (Å²) in [6.07, 6.45) is 10.9. The first kappa shape index (κ1) is 14.6. The number of carbonyl (C=O) groups excluding carboxylic acids is 1. The summed E-state index contributed by atoms with van der Waals surface area (Å²) in [5.41, 5.74) is 4.61. The fraction of sp³-hybridized carbons (Fsp3) is 0.429. The highest BCUT2D eigenvalue weighted by Crippen LogP contribution is 2.52. The average molecular weight is 305 g/mol. The lowest BCUT2D eigenvalue weighted by molar-refractivity contribution is -0.121. The summed E-state index contributed by atoms with van der Waals surface area (Å²) in [6, 6.07) is 13.1. The highest BCUT2D eigenvalue weighted by atomic mass is 16.1. The van der Waals surface area contributed by atoms with Crippen LogP contribution < -0.4 is 0 Å². The third-order valence-corrected chi connectivity index (χ3v) is 6.01. The first-order chi connectivity index (χ1) is 11.3. The predicted molar refractivity (Wildman–Crippen MR) is 91.3 cm³/mol. The lowest BCUT2D eigenvalue weighted by atomic mass is 9.64. The summed E-state index contributed by atoms with van der Waals surface area (Å²) in [5.74, 6) is 1.11. The maximum atomic E-state index is 11.8. The van der Waals surface area contributed by atoms with Gasteiger partial charge in [0.2, 0.25) is 0 Å². The molecule has 1 saturated carbocycles. The van der Waals surface area contributed by atoms with Crippen LogP contribution in [-0.2, 0) is 23.1 Å². The van der Waals surface area contributed by atoms with E-state index in [0.29, 0.717) is 11.7 Å². The van der Waals surface area contributed by atoms with Crippen LogP contribution in [0.15, 0.2) is 48.8 Å². The van der Waals surface area contributed by atoms with Crippen molar-refractivity contribution in [1.82, 2.24) is 4.98 Å². The number of nitrogens with zero attached hydrogens (tertiary/aromatic N) is 1. The number of hydrogen-bond acceptors (Lipinski definition) is 2. The fourth-order valence-corrected chi connectivity index (χ4v) is 4.78. The summed E-state index contributed by atoms with van der Waals surface area (Å²) in [6.45, 7) is 0. The van der Waals surface area contributed by atoms with Crippen molar-refractivity contribution in [3.63, 3.8) is 0 Å². The third-order valence-electron chi connectivity index (χ3n) is 6.01. The van der Waals surface area contributed by atoms with E-state index in [1.54, 1.807) is 0 Å². The molecule has 1 heterocycles. The van der Waals surface area contributed by atoms with Gasteiger partial charge < -0.3 is 0 Å². The van der Waals surface area contributed by atoms with Crippen LogP contribution in [-0.4, -0.2) is 10.8 Å². The number of fused-ring (bicyclic) bond motifs is 2. The van der Waals surface area contributed by atoms with Crippen molar-refractivity contribution in [1.29, 1.82) is 0 Å². The van der Waals surface area contributed by atoms with Crippen LogP contribution in [0.5, 0.6) is 0 Å². The van der Waals surface area contributed by atoms with Crippen LogP contribution in [0, 0.1) is 5.92 Å². The van der Waals surface area contributed by atoms with Crippen LogP contribution >= 0.6 is 0 Å². The fourth-order valence-electron chi connectivity index (χ4n) is 4.78. The number of ketones is 1. The van der Waals surface area contributed by atoms with E-state index in [1.165, 1.54) is 29.5 Å². The highest BCUT2D eigenvalue weighted by Gasteiger charge is 2.47. The normalized spacial score (nSPS) is 22.3. The van der Waals surface area contributed by atoms with Crippen molar-refractivity contribution in [3.8, 4) is 0 Å². The lowest BCUT2D eigenvalue weighted by Crippen LogP contribution is -2.36. The molecule has 2 aliphatic carbocycles. The van der Waals surface area contributed by atoms with Gasteiger partial charge in [-0.3, -0.25) is 9.78 Å². The molecule has 0 radical (unpaired) electrons. The molecule has 0 aliphatic heterocycles. The van der Waals surface area contributed by atoms with Gasteiger partial charge in [0, 0.05) is 25.2 Å². The minimum absolute atomic E-state index is 0.243. The molecule has 2 aliphatic rings. The molecule has 4 rings (SSSR count). The molecular weight excluding hydrogens is 282 g/mol. The van der Waals surface area contributed by atoms with Crippen molar-refractivity contribution in [2.45, 2.75) is 50.4 Å². The second-order valence-electron chi connectivity index (χ2n) is 7.15. The van der Waals surface area contributed by atoms with E-state index in [4.69, 9.17) is 0 Å². The number of hydrogen-bond donors (Lipinski definition) is 0. The molecule has 1 aromatic heterocycles. The Kier molecular flexibility index (Phi) is 3.76. The minimum Gasteiger partial charge on any atom is -0.300 e. The van der Waals surface area contributed by atoms with Gasteiger partial charge in [0.1, 0.15) is 5.78 Å². The first-order valence-corrected chi connectivity index (χ1v) is 8.77. The molecule has 118 valence electrons. The Morgan fingerprint density at radius 3 is 2.70 bits per heavy atom. The maximum absolute atomic E-state index is 11.8. The van der Waals surface area contributed by atoms with Crippen LogP contribution in [0.3, 0.4) is 0 Å². The van der Waals surface area contributed by atoms with Gasteiger partial charge in [-0.15, -0.1) is 0 Å². The number of aryl methyl sites for hydroxylation is 1. The standard InChI is InChI=1S/C21H23NO/c23-19-9-11-21(12-10-19)18(8-7-16-4-3-13-22-15-16)14-17-5-1-2-6-20(17)21/h1-6,13,15,18H,7-12,14H2. The zero-order valence-corrected chi connectivity index (χ0v) is 13.5. The van der Waals surface area contributed by atoms with Crippen molar-refractivity contribution in [2.75, 3.05) is 0 Å². The molecule has 23 heavy (non-hydrogen) atoms. The summed E-state index contributed by atoms with van der Waals surface area (Å²) in [5, 5.41) is 0. The number of benzene rings is 1. The van der Waals surface area contributed by atoms with E-state index in [-0.39, 0.29) is 5.41 Å². The van der Waals surface area contributed by atoms with Crippen LogP contribution in [0.1, 0.15) is 48.8 Å². The van der Waals surface area contributed by atoms with Crippen LogP contribution in [0.4, 0.5) is 0 Å². The predicted octanol–water partition coefficient (Wildman–Crippen LogP) is 4.27. The second kappa shape index (κ2) is 5.92. The molecule has 1 fully saturated rings. The molecule has 1 aromatic carbocycles. The molecule has 1 spiro atoms. The smallest absolute Gasteiger partial charge is 0.132 e. The second-order valence-corrected chi connectivity index (χ2v) is 7.15. The van der Waals surface area contributed by atoms with Gasteiger partial charge in [-0.25, -0.2) is 0 Å². The summed E-state index contributed by atoms with van der Waals surface area (Å²) < 4.78 is 0. The minimum atomic E-state index is 0.243. The Hall–Kier alpha value is -1.96. The van der Waals surface area contributed by atoms with Gasteiger partial charge in [0.05, 0.1) is 0 Å². The highest BCUT2D eigenvalue weighted by molar-refractivity contribution is 5.79. The molecule has 2 nitrogen and oxygen atoms in total. The number of aromatic nitrogens is 1. The molecule has 2 aromatic rings. The van der Waals surface area contributed by atoms with E-state index < -0.39 is 0 Å². The number of carbonyl (C=O) groups is 1. The largest absolute Gasteiger partial charge is 0.300 e. The van der Waals surface area contributed by atoms with Crippen LogP contribution in [0.2, 0.25) is 0 Å². The Bertz CT molecular complexity index is 697. The van der Waals surface area contributed by atoms with Gasteiger partial charge in [-0.2, -0.15) is 0 Å². The average Bonchev–Trinajstić information content (AvgIpc) is 2.90. The van der Waals surface area contributed by atoms with Gasteiger partial charge >= 0.3 is 0 Å². The lowest BCUT2D eigenvalue weighted by Gasteiger charge is -2.40. The summed E-state index contributed by atoms with van der Waals surface area (Å²) in [4.78, 5) is 16.0. The van der Waals surface area contributed by atoms with E-state index in [2.05, 4.69) is 35.3 Å². The quantitative estimate of drug-likeness (QED) is 0.847. The topological polar surface area (TPSA) is 30.0 Å². The molecule has 0 N–H and O–H groups in total. The van der Waals surface area contributed by atoms with E-state index in [0.717, 1.165) is 32.1 Å². The van der Waals surface area contributed by atoms with E-state index >= 15 is 0 Å². The van der Waals surface area contributed by atoms with Gasteiger partial charge in [-0.1, -0.05) is 30.3 Å². The molecule has 2 heteroatoms. The van der Waals surface area contributed by atoms with Crippen LogP contribution in [0.25, 0.3) is 0 Å². The molecule has 1 atom stereocenters. The SMILES string of the molecule is O=C1CCC2(CC1)c1ccccc1CC2CCc1cccnc1. The maximum Gasteiger partial charge on any atom is 0.132 e. The molecule has 1 unspecified atom stereocenters. The Morgan fingerprint density at radius 2 is 1.91 bits per heavy atom. The molecular formula is C21H23NO. The van der Waals surface area contributed by atoms with Gasteiger partial charge in [-0.05, 0) is 66.2 Å². The Labute approximate surface area is 138 Å². The van der Waals surface area contributed by atoms with Gasteiger partial charge in [0.15, 0.2) is 0 Å². The monoisotopic (exact) mass is 305 g/mol. The molecule has 0 saturated heterocycles. The van der Waals surface area contributed by atoms with Crippen molar-refractivity contribution in [3.05, 3.63) is 65.5 Å². The first-order valence-electron chi connectivity index (χ1n) is 8.77. The van der Waals surface area contributed by atoms with Gasteiger partial charge in [0.25, 0.3) is 0 Å². The summed E-state index contributed by atoms with van der Waals surface area (Å²) in [7, 11) is 0. The summed E-state index contributed by atoms with van der Waals surface area (Å²) >= 11 is 0.